The van der Waals surface area contributed by atoms with Crippen LogP contribution in [-0.2, 0) is 0 Å². The van der Waals surface area contributed by atoms with Crippen molar-refractivity contribution in [2.24, 2.45) is 0 Å². The Hall–Kier alpha value is -1.75. The molecular weight excluding hydrogens is 242 g/mol. The van der Waals surface area contributed by atoms with Gasteiger partial charge >= 0.3 is 0 Å². The van der Waals surface area contributed by atoms with Crippen molar-refractivity contribution in [2.75, 3.05) is 23.8 Å². The summed E-state index contributed by atoms with van der Waals surface area (Å²) in [4.78, 5) is 6.71. The van der Waals surface area contributed by atoms with E-state index < -0.39 is 0 Å². The highest BCUT2D eigenvalue weighted by atomic mass is 16.4. The minimum Gasteiger partial charge on any atom is -0.423 e. The van der Waals surface area contributed by atoms with Crippen LogP contribution in [0, 0.1) is 0 Å². The van der Waals surface area contributed by atoms with Gasteiger partial charge in [0.2, 0.25) is 0 Å². The van der Waals surface area contributed by atoms with E-state index in [1.165, 1.54) is 6.42 Å². The van der Waals surface area contributed by atoms with Gasteiger partial charge in [0.15, 0.2) is 5.58 Å². The van der Waals surface area contributed by atoms with E-state index in [2.05, 4.69) is 9.88 Å². The lowest BCUT2D eigenvalue weighted by molar-refractivity contribution is 0.259. The standard InChI is InChI=1S/C14H19N3O2/c15-10-4-5-12-13(9-10)19-14(16-12)17-7-2-1-3-11(17)6-8-18/h4-5,9,11,18H,1-3,6-8,15H2. The van der Waals surface area contributed by atoms with Crippen LogP contribution >= 0.6 is 0 Å². The lowest BCUT2D eigenvalue weighted by Crippen LogP contribution is -2.40. The van der Waals surface area contributed by atoms with Gasteiger partial charge in [-0.15, -0.1) is 0 Å². The van der Waals surface area contributed by atoms with Crippen molar-refractivity contribution >= 4 is 22.8 Å². The quantitative estimate of drug-likeness (QED) is 0.828. The van der Waals surface area contributed by atoms with Crippen molar-refractivity contribution in [3.63, 3.8) is 0 Å². The summed E-state index contributed by atoms with van der Waals surface area (Å²) in [6.07, 6.45) is 4.19. The first-order valence-electron chi connectivity index (χ1n) is 6.81. The Balaban J connectivity index is 1.92. The molecule has 1 atom stereocenters. The second-order valence-corrected chi connectivity index (χ2v) is 5.08. The van der Waals surface area contributed by atoms with Gasteiger partial charge in [0.25, 0.3) is 6.01 Å². The Bertz CT molecular complexity index is 565. The molecule has 5 nitrogen and oxygen atoms in total. The first-order chi connectivity index (χ1) is 9.28. The molecule has 5 heteroatoms. The SMILES string of the molecule is Nc1ccc2nc(N3CCCCC3CCO)oc2c1. The van der Waals surface area contributed by atoms with Crippen LogP contribution in [0.2, 0.25) is 0 Å². The molecule has 1 aliphatic rings. The maximum atomic E-state index is 9.17. The summed E-state index contributed by atoms with van der Waals surface area (Å²) >= 11 is 0. The van der Waals surface area contributed by atoms with Crippen molar-refractivity contribution < 1.29 is 9.52 Å². The monoisotopic (exact) mass is 261 g/mol. The average molecular weight is 261 g/mol. The molecule has 1 saturated heterocycles. The van der Waals surface area contributed by atoms with Crippen LogP contribution in [0.4, 0.5) is 11.7 Å². The van der Waals surface area contributed by atoms with Gasteiger partial charge in [-0.05, 0) is 37.8 Å². The molecule has 0 spiro atoms. The van der Waals surface area contributed by atoms with E-state index in [4.69, 9.17) is 15.3 Å². The molecule has 1 aliphatic heterocycles. The average Bonchev–Trinajstić information content (AvgIpc) is 2.82. The molecule has 0 amide bonds. The van der Waals surface area contributed by atoms with Gasteiger partial charge in [-0.1, -0.05) is 0 Å². The number of fused-ring (bicyclic) bond motifs is 1. The molecule has 2 heterocycles. The number of hydrogen-bond donors (Lipinski definition) is 2. The van der Waals surface area contributed by atoms with E-state index in [-0.39, 0.29) is 6.61 Å². The number of oxazole rings is 1. The van der Waals surface area contributed by atoms with Gasteiger partial charge in [-0.2, -0.15) is 4.98 Å². The van der Waals surface area contributed by atoms with Gasteiger partial charge in [0, 0.05) is 30.9 Å². The van der Waals surface area contributed by atoms with Crippen molar-refractivity contribution in [3.05, 3.63) is 18.2 Å². The third kappa shape index (κ3) is 2.38. The third-order valence-electron chi connectivity index (χ3n) is 3.74. The third-order valence-corrected chi connectivity index (χ3v) is 3.74. The fourth-order valence-electron chi connectivity index (χ4n) is 2.75. The molecule has 0 aliphatic carbocycles. The largest absolute Gasteiger partial charge is 0.423 e. The predicted octanol–water partition coefficient (Wildman–Crippen LogP) is 2.15. The lowest BCUT2D eigenvalue weighted by Gasteiger charge is -2.34. The maximum absolute atomic E-state index is 9.17. The highest BCUT2D eigenvalue weighted by molar-refractivity contribution is 5.78. The summed E-state index contributed by atoms with van der Waals surface area (Å²) in [5, 5.41) is 9.17. The summed E-state index contributed by atoms with van der Waals surface area (Å²) in [5.41, 5.74) is 7.99. The van der Waals surface area contributed by atoms with E-state index in [0.717, 1.165) is 36.9 Å². The van der Waals surface area contributed by atoms with Gasteiger partial charge in [0.05, 0.1) is 0 Å². The molecule has 1 aromatic heterocycles. The molecule has 1 unspecified atom stereocenters. The molecular formula is C14H19N3O2. The number of piperidine rings is 1. The van der Waals surface area contributed by atoms with E-state index in [1.807, 2.05) is 12.1 Å². The van der Waals surface area contributed by atoms with Gasteiger partial charge in [-0.3, -0.25) is 0 Å². The smallest absolute Gasteiger partial charge is 0.298 e. The fourth-order valence-corrected chi connectivity index (χ4v) is 2.75. The molecule has 3 rings (SSSR count). The number of rotatable bonds is 3. The molecule has 3 N–H and O–H groups in total. The Morgan fingerprint density at radius 2 is 2.32 bits per heavy atom. The Morgan fingerprint density at radius 3 is 3.16 bits per heavy atom. The molecule has 1 aromatic carbocycles. The van der Waals surface area contributed by atoms with E-state index in [0.29, 0.717) is 17.7 Å². The van der Waals surface area contributed by atoms with Crippen LogP contribution in [0.15, 0.2) is 22.6 Å². The summed E-state index contributed by atoms with van der Waals surface area (Å²) < 4.78 is 5.82. The molecule has 1 fully saturated rings. The van der Waals surface area contributed by atoms with E-state index in [1.54, 1.807) is 6.07 Å². The number of nitrogens with two attached hydrogens (primary N) is 1. The topological polar surface area (TPSA) is 75.5 Å². The maximum Gasteiger partial charge on any atom is 0.298 e. The van der Waals surface area contributed by atoms with Gasteiger partial charge in [-0.25, -0.2) is 0 Å². The molecule has 102 valence electrons. The van der Waals surface area contributed by atoms with E-state index >= 15 is 0 Å². The second kappa shape index (κ2) is 5.09. The number of aliphatic hydroxyl groups is 1. The number of anilines is 2. The lowest BCUT2D eigenvalue weighted by atomic mass is 10.0. The van der Waals surface area contributed by atoms with Gasteiger partial charge in [0.1, 0.15) is 5.52 Å². The number of aromatic nitrogens is 1. The van der Waals surface area contributed by atoms with Crippen LogP contribution in [0.3, 0.4) is 0 Å². The number of benzene rings is 1. The number of nitrogen functional groups attached to an aromatic ring is 1. The van der Waals surface area contributed by atoms with Crippen molar-refractivity contribution in [1.29, 1.82) is 0 Å². The summed E-state index contributed by atoms with van der Waals surface area (Å²) in [6, 6.07) is 6.48. The zero-order chi connectivity index (χ0) is 13.2. The normalized spacial score (nSPS) is 20.1. The minimum atomic E-state index is 0.203. The predicted molar refractivity (Wildman–Crippen MR) is 75.1 cm³/mol. The summed E-state index contributed by atoms with van der Waals surface area (Å²) in [7, 11) is 0. The first kappa shape index (κ1) is 12.3. The minimum absolute atomic E-state index is 0.203. The molecule has 19 heavy (non-hydrogen) atoms. The number of hydrogen-bond acceptors (Lipinski definition) is 5. The fraction of sp³-hybridized carbons (Fsp3) is 0.500. The highest BCUT2D eigenvalue weighted by Gasteiger charge is 2.25. The van der Waals surface area contributed by atoms with Crippen LogP contribution in [0.1, 0.15) is 25.7 Å². The van der Waals surface area contributed by atoms with E-state index in [9.17, 15) is 0 Å². The molecule has 0 bridgehead atoms. The molecule has 2 aromatic rings. The number of nitrogens with zero attached hydrogens (tertiary/aromatic N) is 2. The Labute approximate surface area is 112 Å². The highest BCUT2D eigenvalue weighted by Crippen LogP contribution is 2.29. The Morgan fingerprint density at radius 1 is 1.42 bits per heavy atom. The summed E-state index contributed by atoms with van der Waals surface area (Å²) in [5.74, 6) is 0. The van der Waals surface area contributed by atoms with Crippen LogP contribution in [0.25, 0.3) is 11.1 Å². The molecule has 0 saturated carbocycles. The zero-order valence-electron chi connectivity index (χ0n) is 10.9. The van der Waals surface area contributed by atoms with Gasteiger partial charge < -0.3 is 20.2 Å². The molecule has 0 radical (unpaired) electrons. The second-order valence-electron chi connectivity index (χ2n) is 5.08. The van der Waals surface area contributed by atoms with Crippen molar-refractivity contribution in [1.82, 2.24) is 4.98 Å². The Kier molecular flexibility index (Phi) is 3.29. The zero-order valence-corrected chi connectivity index (χ0v) is 10.9. The van der Waals surface area contributed by atoms with Crippen LogP contribution < -0.4 is 10.6 Å². The van der Waals surface area contributed by atoms with Crippen molar-refractivity contribution in [3.8, 4) is 0 Å². The number of aliphatic hydroxyl groups excluding tert-OH is 1. The van der Waals surface area contributed by atoms with Crippen molar-refractivity contribution in [2.45, 2.75) is 31.7 Å². The first-order valence-corrected chi connectivity index (χ1v) is 6.81. The summed E-state index contributed by atoms with van der Waals surface area (Å²) in [6.45, 7) is 1.14. The van der Waals surface area contributed by atoms with Crippen LogP contribution in [0.5, 0.6) is 0 Å². The van der Waals surface area contributed by atoms with Crippen LogP contribution in [-0.4, -0.2) is 29.3 Å².